The number of aromatic nitrogens is 3. The summed E-state index contributed by atoms with van der Waals surface area (Å²) in [6.45, 7) is -0.000528. The van der Waals surface area contributed by atoms with Crippen molar-refractivity contribution in [3.05, 3.63) is 41.7 Å². The summed E-state index contributed by atoms with van der Waals surface area (Å²) in [6.07, 6.45) is -1.60. The molecule has 6 nitrogen and oxygen atoms in total. The Kier molecular flexibility index (Phi) is 3.88. The second-order valence-electron chi connectivity index (χ2n) is 5.26. The molecule has 0 spiro atoms. The quantitative estimate of drug-likeness (QED) is 0.897. The Labute approximate surface area is 130 Å². The molecule has 1 aromatic heterocycles. The van der Waals surface area contributed by atoms with Crippen LogP contribution in [0.15, 0.2) is 30.5 Å². The summed E-state index contributed by atoms with van der Waals surface area (Å²) in [5.74, 6) is 0. The summed E-state index contributed by atoms with van der Waals surface area (Å²) in [6, 6.07) is 4.45. The Morgan fingerprint density at radius 3 is 2.43 bits per heavy atom. The molecule has 1 saturated carbocycles. The summed E-state index contributed by atoms with van der Waals surface area (Å²) in [4.78, 5) is 0. The first kappa shape index (κ1) is 15.9. The molecule has 0 aliphatic heterocycles. The van der Waals surface area contributed by atoms with Gasteiger partial charge in [-0.2, -0.15) is 13.2 Å². The van der Waals surface area contributed by atoms with Crippen LogP contribution in [0.2, 0.25) is 0 Å². The third-order valence-electron chi connectivity index (χ3n) is 3.42. The zero-order chi connectivity index (χ0) is 16.7. The van der Waals surface area contributed by atoms with Gasteiger partial charge in [0.05, 0.1) is 34.9 Å². The fourth-order valence-electron chi connectivity index (χ4n) is 1.98. The highest BCUT2D eigenvalue weighted by atomic mass is 32.2. The standard InChI is InChI=1S/C13H13F3N4O2S/c14-13(15,16)9-1-3-11(4-2-9)20-8-10(18-19-20)7-17-23(21,22)12-5-6-12/h1-4,8,12,17H,5-7H2. The Balaban J connectivity index is 1.69. The average Bonchev–Trinajstić information content (AvgIpc) is 3.25. The van der Waals surface area contributed by atoms with Crippen LogP contribution in [0.1, 0.15) is 24.1 Å². The number of alkyl halides is 3. The van der Waals surface area contributed by atoms with Gasteiger partial charge in [0.15, 0.2) is 0 Å². The zero-order valence-electron chi connectivity index (χ0n) is 11.8. The van der Waals surface area contributed by atoms with Gasteiger partial charge in [0, 0.05) is 0 Å². The van der Waals surface area contributed by atoms with Gasteiger partial charge in [0.2, 0.25) is 10.0 Å². The summed E-state index contributed by atoms with van der Waals surface area (Å²) < 4.78 is 64.7. The lowest BCUT2D eigenvalue weighted by Crippen LogP contribution is -2.26. The number of halogens is 3. The molecule has 0 unspecified atom stereocenters. The van der Waals surface area contributed by atoms with E-state index in [9.17, 15) is 21.6 Å². The van der Waals surface area contributed by atoms with Crippen LogP contribution in [0.5, 0.6) is 0 Å². The minimum Gasteiger partial charge on any atom is -0.220 e. The lowest BCUT2D eigenvalue weighted by molar-refractivity contribution is -0.137. The van der Waals surface area contributed by atoms with Crippen molar-refractivity contribution in [2.75, 3.05) is 0 Å². The fraction of sp³-hybridized carbons (Fsp3) is 0.385. The topological polar surface area (TPSA) is 76.9 Å². The minimum absolute atomic E-state index is 0.000528. The molecule has 1 aromatic carbocycles. The number of hydrogen-bond donors (Lipinski definition) is 1. The third-order valence-corrected chi connectivity index (χ3v) is 5.31. The van der Waals surface area contributed by atoms with E-state index in [1.54, 1.807) is 0 Å². The molecular formula is C13H13F3N4O2S. The van der Waals surface area contributed by atoms with E-state index in [1.165, 1.54) is 23.0 Å². The van der Waals surface area contributed by atoms with Crippen molar-refractivity contribution in [1.82, 2.24) is 19.7 Å². The van der Waals surface area contributed by atoms with Crippen molar-refractivity contribution in [2.24, 2.45) is 0 Å². The van der Waals surface area contributed by atoms with Crippen LogP contribution in [0.4, 0.5) is 13.2 Å². The SMILES string of the molecule is O=S(=O)(NCc1cn(-c2ccc(C(F)(F)F)cc2)nn1)C1CC1. The van der Waals surface area contributed by atoms with Gasteiger partial charge in [-0.15, -0.1) is 5.10 Å². The normalized spacial score (nSPS) is 15.8. The van der Waals surface area contributed by atoms with Crippen molar-refractivity contribution in [1.29, 1.82) is 0 Å². The van der Waals surface area contributed by atoms with E-state index in [-0.39, 0.29) is 11.8 Å². The molecule has 1 fully saturated rings. The van der Waals surface area contributed by atoms with Crippen LogP contribution in [-0.4, -0.2) is 28.7 Å². The lowest BCUT2D eigenvalue weighted by atomic mass is 10.2. The van der Waals surface area contributed by atoms with E-state index in [4.69, 9.17) is 0 Å². The molecule has 1 aliphatic rings. The molecule has 124 valence electrons. The number of nitrogens with one attached hydrogen (secondary N) is 1. The van der Waals surface area contributed by atoms with Crippen LogP contribution in [0.25, 0.3) is 5.69 Å². The predicted molar refractivity (Wildman–Crippen MR) is 75.1 cm³/mol. The highest BCUT2D eigenvalue weighted by Crippen LogP contribution is 2.29. The molecule has 1 heterocycles. The Bertz CT molecular complexity index is 795. The molecule has 0 atom stereocenters. The molecular weight excluding hydrogens is 333 g/mol. The molecule has 23 heavy (non-hydrogen) atoms. The first-order valence-electron chi connectivity index (χ1n) is 6.83. The predicted octanol–water partition coefficient (Wildman–Crippen LogP) is 1.87. The second-order valence-corrected chi connectivity index (χ2v) is 7.31. The summed E-state index contributed by atoms with van der Waals surface area (Å²) in [5.41, 5.74) is 0.0368. The number of nitrogens with zero attached hydrogens (tertiary/aromatic N) is 3. The van der Waals surface area contributed by atoms with Gasteiger partial charge in [-0.05, 0) is 37.1 Å². The first-order valence-corrected chi connectivity index (χ1v) is 8.38. The van der Waals surface area contributed by atoms with Crippen molar-refractivity contribution in [3.8, 4) is 5.69 Å². The Morgan fingerprint density at radius 2 is 1.87 bits per heavy atom. The van der Waals surface area contributed by atoms with Crippen molar-refractivity contribution < 1.29 is 21.6 Å². The molecule has 10 heteroatoms. The Hall–Kier alpha value is -1.94. The van der Waals surface area contributed by atoms with Crippen LogP contribution >= 0.6 is 0 Å². The maximum atomic E-state index is 12.5. The number of benzene rings is 1. The van der Waals surface area contributed by atoms with Crippen LogP contribution in [-0.2, 0) is 22.7 Å². The van der Waals surface area contributed by atoms with Crippen molar-refractivity contribution in [3.63, 3.8) is 0 Å². The van der Waals surface area contributed by atoms with Crippen LogP contribution in [0.3, 0.4) is 0 Å². The highest BCUT2D eigenvalue weighted by molar-refractivity contribution is 7.90. The van der Waals surface area contributed by atoms with E-state index in [2.05, 4.69) is 15.0 Å². The third kappa shape index (κ3) is 3.70. The molecule has 0 amide bonds. The van der Waals surface area contributed by atoms with Gasteiger partial charge >= 0.3 is 6.18 Å². The van der Waals surface area contributed by atoms with E-state index in [1.807, 2.05) is 0 Å². The second kappa shape index (κ2) is 5.60. The van der Waals surface area contributed by atoms with Gasteiger partial charge in [0.1, 0.15) is 0 Å². The van der Waals surface area contributed by atoms with E-state index in [0.29, 0.717) is 24.2 Å². The number of hydrogen-bond acceptors (Lipinski definition) is 4. The van der Waals surface area contributed by atoms with Gasteiger partial charge in [-0.3, -0.25) is 0 Å². The fourth-order valence-corrected chi connectivity index (χ4v) is 3.32. The molecule has 0 radical (unpaired) electrons. The first-order chi connectivity index (χ1) is 10.8. The smallest absolute Gasteiger partial charge is 0.220 e. The molecule has 1 N–H and O–H groups in total. The summed E-state index contributed by atoms with van der Waals surface area (Å²) >= 11 is 0. The summed E-state index contributed by atoms with van der Waals surface area (Å²) in [5, 5.41) is 7.27. The maximum Gasteiger partial charge on any atom is 0.416 e. The van der Waals surface area contributed by atoms with Crippen molar-refractivity contribution >= 4 is 10.0 Å². The summed E-state index contributed by atoms with van der Waals surface area (Å²) in [7, 11) is -3.31. The lowest BCUT2D eigenvalue weighted by Gasteiger charge is -2.07. The van der Waals surface area contributed by atoms with Crippen molar-refractivity contribution in [2.45, 2.75) is 30.8 Å². The molecule has 2 aromatic rings. The van der Waals surface area contributed by atoms with Gasteiger partial charge in [-0.1, -0.05) is 5.21 Å². The van der Waals surface area contributed by atoms with Gasteiger partial charge in [0.25, 0.3) is 0 Å². The van der Waals surface area contributed by atoms with Crippen LogP contribution in [0, 0.1) is 0 Å². The molecule has 0 bridgehead atoms. The zero-order valence-corrected chi connectivity index (χ0v) is 12.6. The maximum absolute atomic E-state index is 12.5. The highest BCUT2D eigenvalue weighted by Gasteiger charge is 2.35. The monoisotopic (exact) mass is 346 g/mol. The molecule has 3 rings (SSSR count). The molecule has 0 saturated heterocycles. The Morgan fingerprint density at radius 1 is 1.22 bits per heavy atom. The number of rotatable bonds is 5. The minimum atomic E-state index is -4.40. The largest absolute Gasteiger partial charge is 0.416 e. The van der Waals surface area contributed by atoms with E-state index >= 15 is 0 Å². The molecule has 1 aliphatic carbocycles. The van der Waals surface area contributed by atoms with Crippen LogP contribution < -0.4 is 4.72 Å². The number of sulfonamides is 1. The van der Waals surface area contributed by atoms with Gasteiger partial charge < -0.3 is 0 Å². The van der Waals surface area contributed by atoms with E-state index < -0.39 is 21.8 Å². The average molecular weight is 346 g/mol. The van der Waals surface area contributed by atoms with E-state index in [0.717, 1.165) is 12.1 Å². The van der Waals surface area contributed by atoms with Gasteiger partial charge in [-0.25, -0.2) is 17.8 Å².